The van der Waals surface area contributed by atoms with Crippen LogP contribution < -0.4 is 5.43 Å². The highest BCUT2D eigenvalue weighted by atomic mass is 35.5. The van der Waals surface area contributed by atoms with Crippen molar-refractivity contribution >= 4 is 28.5 Å². The molecule has 1 N–H and O–H groups in total. The van der Waals surface area contributed by atoms with Gasteiger partial charge in [0.2, 0.25) is 0 Å². The smallest absolute Gasteiger partial charge is 0.335 e. The molecular weight excluding hydrogens is 292 g/mol. The Morgan fingerprint density at radius 3 is 2.48 bits per heavy atom. The van der Waals surface area contributed by atoms with Gasteiger partial charge in [0.15, 0.2) is 11.0 Å². The van der Waals surface area contributed by atoms with Gasteiger partial charge in [-0.15, -0.1) is 0 Å². The van der Waals surface area contributed by atoms with Crippen LogP contribution in [-0.2, 0) is 0 Å². The second-order valence-electron chi connectivity index (χ2n) is 4.47. The summed E-state index contributed by atoms with van der Waals surface area (Å²) in [6.07, 6.45) is 0. The van der Waals surface area contributed by atoms with E-state index in [2.05, 4.69) is 0 Å². The maximum Gasteiger partial charge on any atom is 0.335 e. The summed E-state index contributed by atoms with van der Waals surface area (Å²) in [6, 6.07) is 12.4. The summed E-state index contributed by atoms with van der Waals surface area (Å²) in [6.45, 7) is 0. The summed E-state index contributed by atoms with van der Waals surface area (Å²) in [5, 5.41) is 9.64. The molecule has 0 atom stereocenters. The SMILES string of the molecule is O=C(O)c1ccc(-c2cc(=O)c3cccc(Cl)c3o2)cc1. The number of para-hydroxylation sites is 1. The number of hydrogen-bond acceptors (Lipinski definition) is 3. The molecule has 0 radical (unpaired) electrons. The van der Waals surface area contributed by atoms with Gasteiger partial charge in [-0.3, -0.25) is 4.79 Å². The second-order valence-corrected chi connectivity index (χ2v) is 4.88. The van der Waals surface area contributed by atoms with E-state index in [-0.39, 0.29) is 11.0 Å². The average molecular weight is 301 g/mol. The number of aromatic carboxylic acids is 1. The monoisotopic (exact) mass is 300 g/mol. The molecule has 0 saturated carbocycles. The largest absolute Gasteiger partial charge is 0.478 e. The first-order valence-electron chi connectivity index (χ1n) is 6.12. The molecule has 0 saturated heterocycles. The van der Waals surface area contributed by atoms with Gasteiger partial charge in [-0.25, -0.2) is 4.79 Å². The third kappa shape index (κ3) is 2.41. The highest BCUT2D eigenvalue weighted by Gasteiger charge is 2.10. The third-order valence-corrected chi connectivity index (χ3v) is 3.42. The number of hydrogen-bond donors (Lipinski definition) is 1. The van der Waals surface area contributed by atoms with Crippen molar-refractivity contribution in [1.82, 2.24) is 0 Å². The van der Waals surface area contributed by atoms with E-state index in [1.165, 1.54) is 18.2 Å². The number of benzene rings is 2. The molecule has 0 amide bonds. The van der Waals surface area contributed by atoms with Crippen molar-refractivity contribution in [2.24, 2.45) is 0 Å². The summed E-state index contributed by atoms with van der Waals surface area (Å²) in [5.41, 5.74) is 0.902. The fraction of sp³-hybridized carbons (Fsp3) is 0. The number of carboxylic acid groups (broad SMARTS) is 1. The fourth-order valence-corrected chi connectivity index (χ4v) is 2.28. The lowest BCUT2D eigenvalue weighted by Gasteiger charge is -2.04. The molecule has 2 aromatic carbocycles. The lowest BCUT2D eigenvalue weighted by Crippen LogP contribution is -2.00. The molecule has 0 fully saturated rings. The summed E-state index contributed by atoms with van der Waals surface area (Å²) in [7, 11) is 0. The van der Waals surface area contributed by atoms with Crippen LogP contribution in [-0.4, -0.2) is 11.1 Å². The van der Waals surface area contributed by atoms with Crippen LogP contribution >= 0.6 is 11.6 Å². The molecule has 0 unspecified atom stereocenters. The first-order chi connectivity index (χ1) is 10.1. The maximum atomic E-state index is 12.1. The van der Waals surface area contributed by atoms with Crippen molar-refractivity contribution in [3.8, 4) is 11.3 Å². The first-order valence-corrected chi connectivity index (χ1v) is 6.50. The molecule has 0 aliphatic heterocycles. The van der Waals surface area contributed by atoms with Crippen LogP contribution in [0.15, 0.2) is 57.7 Å². The minimum atomic E-state index is -1.01. The number of carbonyl (C=O) groups is 1. The Kier molecular flexibility index (Phi) is 3.23. The van der Waals surface area contributed by atoms with E-state index in [1.807, 2.05) is 0 Å². The van der Waals surface area contributed by atoms with Crippen molar-refractivity contribution in [3.05, 3.63) is 69.3 Å². The van der Waals surface area contributed by atoms with E-state index in [9.17, 15) is 9.59 Å². The first kappa shape index (κ1) is 13.4. The van der Waals surface area contributed by atoms with Gasteiger partial charge < -0.3 is 9.52 Å². The van der Waals surface area contributed by atoms with Crippen molar-refractivity contribution in [2.75, 3.05) is 0 Å². The summed E-state index contributed by atoms with van der Waals surface area (Å²) < 4.78 is 5.68. The van der Waals surface area contributed by atoms with E-state index in [4.69, 9.17) is 21.1 Å². The van der Waals surface area contributed by atoms with Crippen LogP contribution in [0.1, 0.15) is 10.4 Å². The molecule has 1 heterocycles. The van der Waals surface area contributed by atoms with Gasteiger partial charge in [-0.05, 0) is 24.3 Å². The van der Waals surface area contributed by atoms with E-state index >= 15 is 0 Å². The normalized spacial score (nSPS) is 10.7. The quantitative estimate of drug-likeness (QED) is 0.781. The Bertz CT molecular complexity index is 894. The van der Waals surface area contributed by atoms with Crippen molar-refractivity contribution < 1.29 is 14.3 Å². The van der Waals surface area contributed by atoms with Gasteiger partial charge in [-0.1, -0.05) is 29.8 Å². The van der Waals surface area contributed by atoms with Gasteiger partial charge in [-0.2, -0.15) is 0 Å². The van der Waals surface area contributed by atoms with Crippen LogP contribution in [0.5, 0.6) is 0 Å². The van der Waals surface area contributed by atoms with Crippen LogP contribution in [0.4, 0.5) is 0 Å². The Morgan fingerprint density at radius 2 is 1.81 bits per heavy atom. The molecule has 0 bridgehead atoms. The van der Waals surface area contributed by atoms with Crippen molar-refractivity contribution in [2.45, 2.75) is 0 Å². The lowest BCUT2D eigenvalue weighted by atomic mass is 10.1. The van der Waals surface area contributed by atoms with Crippen LogP contribution in [0.2, 0.25) is 5.02 Å². The molecule has 0 aliphatic rings. The number of carboxylic acids is 1. The summed E-state index contributed by atoms with van der Waals surface area (Å²) in [4.78, 5) is 22.9. The number of rotatable bonds is 2. The zero-order valence-corrected chi connectivity index (χ0v) is 11.4. The van der Waals surface area contributed by atoms with E-state index in [1.54, 1.807) is 30.3 Å². The van der Waals surface area contributed by atoms with Gasteiger partial charge in [0.05, 0.1) is 16.0 Å². The molecule has 4 nitrogen and oxygen atoms in total. The molecule has 0 spiro atoms. The number of fused-ring (bicyclic) bond motifs is 1. The maximum absolute atomic E-state index is 12.1. The molecule has 104 valence electrons. The highest BCUT2D eigenvalue weighted by Crippen LogP contribution is 2.26. The summed E-state index contributed by atoms with van der Waals surface area (Å²) in [5.74, 6) is -0.665. The van der Waals surface area contributed by atoms with Crippen LogP contribution in [0.3, 0.4) is 0 Å². The third-order valence-electron chi connectivity index (χ3n) is 3.12. The Hall–Kier alpha value is -2.59. The minimum Gasteiger partial charge on any atom is -0.478 e. The zero-order chi connectivity index (χ0) is 15.0. The van der Waals surface area contributed by atoms with Crippen LogP contribution in [0, 0.1) is 0 Å². The van der Waals surface area contributed by atoms with Crippen LogP contribution in [0.25, 0.3) is 22.3 Å². The van der Waals surface area contributed by atoms with E-state index in [0.717, 1.165) is 0 Å². The molecule has 3 rings (SSSR count). The molecule has 3 aromatic rings. The molecule has 21 heavy (non-hydrogen) atoms. The number of halogens is 1. The Balaban J connectivity index is 2.19. The fourth-order valence-electron chi connectivity index (χ4n) is 2.06. The predicted molar refractivity (Wildman–Crippen MR) is 79.9 cm³/mol. The van der Waals surface area contributed by atoms with E-state index < -0.39 is 5.97 Å². The molecular formula is C16H9ClO4. The standard InChI is InChI=1S/C16H9ClO4/c17-12-3-1-2-11-13(18)8-14(21-15(11)12)9-4-6-10(7-5-9)16(19)20/h1-8H,(H,19,20). The topological polar surface area (TPSA) is 67.5 Å². The molecule has 5 heteroatoms. The second kappa shape index (κ2) is 5.07. The highest BCUT2D eigenvalue weighted by molar-refractivity contribution is 6.34. The predicted octanol–water partition coefficient (Wildman–Crippen LogP) is 3.81. The molecule has 0 aliphatic carbocycles. The Morgan fingerprint density at radius 1 is 1.10 bits per heavy atom. The minimum absolute atomic E-state index is 0.167. The van der Waals surface area contributed by atoms with Gasteiger partial charge in [0.25, 0.3) is 0 Å². The van der Waals surface area contributed by atoms with E-state index in [0.29, 0.717) is 27.3 Å². The zero-order valence-electron chi connectivity index (χ0n) is 10.7. The van der Waals surface area contributed by atoms with Gasteiger partial charge in [0, 0.05) is 11.6 Å². The van der Waals surface area contributed by atoms with Crippen molar-refractivity contribution in [1.29, 1.82) is 0 Å². The lowest BCUT2D eigenvalue weighted by molar-refractivity contribution is 0.0697. The van der Waals surface area contributed by atoms with Gasteiger partial charge in [0.1, 0.15) is 5.76 Å². The summed E-state index contributed by atoms with van der Waals surface area (Å²) >= 11 is 6.04. The average Bonchev–Trinajstić information content (AvgIpc) is 2.48. The molecule has 1 aromatic heterocycles. The van der Waals surface area contributed by atoms with Crippen molar-refractivity contribution in [3.63, 3.8) is 0 Å². The van der Waals surface area contributed by atoms with Gasteiger partial charge >= 0.3 is 5.97 Å². The Labute approximate surface area is 124 Å².